The lowest BCUT2D eigenvalue weighted by Gasteiger charge is -2.18. The van der Waals surface area contributed by atoms with Crippen molar-refractivity contribution >= 4 is 29.4 Å². The van der Waals surface area contributed by atoms with Crippen LogP contribution in [0.1, 0.15) is 21.5 Å². The van der Waals surface area contributed by atoms with Crippen LogP contribution in [0.25, 0.3) is 0 Å². The van der Waals surface area contributed by atoms with Crippen LogP contribution < -0.4 is 10.6 Å². The van der Waals surface area contributed by atoms with Gasteiger partial charge in [0.25, 0.3) is 5.91 Å². The van der Waals surface area contributed by atoms with Gasteiger partial charge in [-0.15, -0.1) is 0 Å². The Morgan fingerprint density at radius 1 is 1.03 bits per heavy atom. The monoisotopic (exact) mass is 436 g/mol. The molecule has 0 saturated carbocycles. The Labute approximate surface area is 165 Å². The van der Waals surface area contributed by atoms with Crippen LogP contribution in [0.3, 0.4) is 0 Å². The van der Waals surface area contributed by atoms with E-state index < -0.39 is 40.8 Å². The molecule has 0 fully saturated rings. The number of nitrogens with one attached hydrogen (secondary N) is 2. The zero-order chi connectivity index (χ0) is 21.9. The minimum Gasteiger partial charge on any atom is -0.307 e. The van der Waals surface area contributed by atoms with Crippen LogP contribution in [-0.4, -0.2) is 23.6 Å². The fourth-order valence-electron chi connectivity index (χ4n) is 2.26. The summed E-state index contributed by atoms with van der Waals surface area (Å²) in [5, 5.41) is -0.302. The van der Waals surface area contributed by atoms with E-state index in [0.717, 1.165) is 18.2 Å². The van der Waals surface area contributed by atoms with Crippen molar-refractivity contribution in [1.29, 1.82) is 0 Å². The third kappa shape index (κ3) is 5.43. The van der Waals surface area contributed by atoms with Gasteiger partial charge in [0.1, 0.15) is 17.2 Å². The molecule has 0 aromatic heterocycles. The Kier molecular flexibility index (Phi) is 6.83. The molecule has 0 atom stereocenters. The summed E-state index contributed by atoms with van der Waals surface area (Å²) in [5.41, 5.74) is -0.450. The summed E-state index contributed by atoms with van der Waals surface area (Å²) in [6, 6.07) is 4.02. The average molecular weight is 436 g/mol. The number of hydrogen-bond donors (Lipinski definition) is 2. The van der Waals surface area contributed by atoms with E-state index in [1.165, 1.54) is 26.0 Å². The lowest BCUT2D eigenvalue weighted by Crippen LogP contribution is -2.35. The Hall–Kier alpha value is -2.69. The zero-order valence-electron chi connectivity index (χ0n) is 15.0. The van der Waals surface area contributed by atoms with Crippen molar-refractivity contribution in [2.24, 2.45) is 0 Å². The van der Waals surface area contributed by atoms with E-state index >= 15 is 0 Å². The van der Waals surface area contributed by atoms with Crippen molar-refractivity contribution in [2.45, 2.75) is 30.4 Å². The molecule has 2 rings (SSSR count). The smallest absolute Gasteiger partial charge is 0.307 e. The third-order valence-electron chi connectivity index (χ3n) is 3.69. The normalized spacial score (nSPS) is 11.5. The number of amides is 3. The first-order valence-corrected chi connectivity index (χ1v) is 8.76. The van der Waals surface area contributed by atoms with Gasteiger partial charge in [0.05, 0.1) is 0 Å². The minimum atomic E-state index is -4.29. The van der Waals surface area contributed by atoms with Gasteiger partial charge in [-0.2, -0.15) is 8.78 Å². The first-order chi connectivity index (χ1) is 13.4. The van der Waals surface area contributed by atoms with Gasteiger partial charge in [0.2, 0.25) is 0 Å². The molecule has 2 aromatic rings. The number of carbonyl (C=O) groups excluding carboxylic acids is 2. The molecule has 11 heteroatoms. The maximum absolute atomic E-state index is 13.6. The van der Waals surface area contributed by atoms with Gasteiger partial charge < -0.3 is 5.32 Å². The number of halogens is 6. The van der Waals surface area contributed by atoms with Crippen molar-refractivity contribution in [1.82, 2.24) is 5.32 Å². The summed E-state index contributed by atoms with van der Waals surface area (Å²) in [6.07, 6.45) is -3.86. The second-order valence-electron chi connectivity index (χ2n) is 5.90. The van der Waals surface area contributed by atoms with E-state index in [1.54, 1.807) is 5.32 Å². The van der Waals surface area contributed by atoms with E-state index in [4.69, 9.17) is 0 Å². The van der Waals surface area contributed by atoms with Crippen LogP contribution in [0, 0.1) is 25.5 Å². The third-order valence-corrected chi connectivity index (χ3v) is 4.80. The van der Waals surface area contributed by atoms with Crippen LogP contribution in [-0.2, 0) is 0 Å². The van der Waals surface area contributed by atoms with Gasteiger partial charge >= 0.3 is 17.7 Å². The Morgan fingerprint density at radius 2 is 1.62 bits per heavy atom. The molecule has 3 amide bonds. The Morgan fingerprint density at radius 3 is 2.17 bits per heavy atom. The number of hydrogen-bond acceptors (Lipinski definition) is 3. The average Bonchev–Trinajstić information content (AvgIpc) is 2.58. The molecule has 4 nitrogen and oxygen atoms in total. The van der Waals surface area contributed by atoms with Crippen molar-refractivity contribution in [3.63, 3.8) is 0 Å². The molecular weight excluding hydrogens is 422 g/mol. The SMILES string of the molecule is Cc1cc(SC(F)(F)C(F)F)c(C)cc1NC(=O)NC(=O)c1c(F)cccc1F. The summed E-state index contributed by atoms with van der Waals surface area (Å²) >= 11 is -0.316. The van der Waals surface area contributed by atoms with Gasteiger partial charge in [0.15, 0.2) is 0 Å². The van der Waals surface area contributed by atoms with Gasteiger partial charge in [-0.1, -0.05) is 6.07 Å². The number of imide groups is 1. The zero-order valence-corrected chi connectivity index (χ0v) is 15.8. The molecular formula is C18H14F6N2O2S. The summed E-state index contributed by atoms with van der Waals surface area (Å²) in [6.45, 7) is 2.78. The van der Waals surface area contributed by atoms with Crippen molar-refractivity contribution < 1.29 is 35.9 Å². The van der Waals surface area contributed by atoms with Gasteiger partial charge in [-0.3, -0.25) is 10.1 Å². The summed E-state index contributed by atoms with van der Waals surface area (Å²) in [5.74, 6) is -3.65. The van der Waals surface area contributed by atoms with E-state index in [2.05, 4.69) is 5.32 Å². The Balaban J connectivity index is 2.15. The molecule has 0 radical (unpaired) electrons. The van der Waals surface area contributed by atoms with Crippen LogP contribution in [0.15, 0.2) is 35.2 Å². The molecule has 0 aliphatic rings. The van der Waals surface area contributed by atoms with E-state index in [0.29, 0.717) is 0 Å². The molecule has 0 saturated heterocycles. The highest BCUT2D eigenvalue weighted by atomic mass is 32.2. The predicted octanol–water partition coefficient (Wildman–Crippen LogP) is 5.49. The van der Waals surface area contributed by atoms with E-state index in [1.807, 2.05) is 0 Å². The number of thioether (sulfide) groups is 1. The van der Waals surface area contributed by atoms with Crippen LogP contribution >= 0.6 is 11.8 Å². The highest BCUT2D eigenvalue weighted by molar-refractivity contribution is 8.00. The van der Waals surface area contributed by atoms with Crippen LogP contribution in [0.4, 0.5) is 36.8 Å². The van der Waals surface area contributed by atoms with Gasteiger partial charge in [-0.25, -0.2) is 22.4 Å². The number of alkyl halides is 4. The van der Waals surface area contributed by atoms with Crippen molar-refractivity contribution in [3.8, 4) is 0 Å². The molecule has 2 N–H and O–H groups in total. The molecule has 0 heterocycles. The highest BCUT2D eigenvalue weighted by Crippen LogP contribution is 2.42. The highest BCUT2D eigenvalue weighted by Gasteiger charge is 2.42. The second-order valence-corrected chi connectivity index (χ2v) is 7.09. The molecule has 29 heavy (non-hydrogen) atoms. The molecule has 0 aliphatic carbocycles. The first kappa shape index (κ1) is 22.6. The van der Waals surface area contributed by atoms with Crippen molar-refractivity contribution in [2.75, 3.05) is 5.32 Å². The lowest BCUT2D eigenvalue weighted by molar-refractivity contribution is -0.0563. The van der Waals surface area contributed by atoms with E-state index in [-0.39, 0.29) is 33.5 Å². The first-order valence-electron chi connectivity index (χ1n) is 7.95. The minimum absolute atomic E-state index is 0.0894. The number of benzene rings is 2. The molecule has 156 valence electrons. The van der Waals surface area contributed by atoms with E-state index in [9.17, 15) is 35.9 Å². The molecule has 2 aromatic carbocycles. The molecule has 0 aliphatic heterocycles. The Bertz CT molecular complexity index is 932. The fourth-order valence-corrected chi connectivity index (χ4v) is 3.10. The fraction of sp³-hybridized carbons (Fsp3) is 0.222. The quantitative estimate of drug-likeness (QED) is 0.481. The number of anilines is 1. The van der Waals surface area contributed by atoms with Crippen LogP contribution in [0.2, 0.25) is 0 Å². The standard InChI is InChI=1S/C18H14F6N2O2S/c1-8-7-13(29-18(23,24)16(21)22)9(2)6-12(8)25-17(28)26-15(27)14-10(19)4-3-5-11(14)20/h3-7,16H,1-2H3,(H2,25,26,27,28). The number of urea groups is 1. The summed E-state index contributed by atoms with van der Waals surface area (Å²) in [4.78, 5) is 23.8. The number of rotatable bonds is 5. The lowest BCUT2D eigenvalue weighted by atomic mass is 10.1. The topological polar surface area (TPSA) is 58.2 Å². The van der Waals surface area contributed by atoms with Gasteiger partial charge in [0, 0.05) is 10.6 Å². The summed E-state index contributed by atoms with van der Waals surface area (Å²) in [7, 11) is 0. The van der Waals surface area contributed by atoms with Crippen LogP contribution in [0.5, 0.6) is 0 Å². The molecule has 0 spiro atoms. The maximum atomic E-state index is 13.6. The second kappa shape index (κ2) is 8.76. The maximum Gasteiger partial charge on any atom is 0.357 e. The molecule has 0 bridgehead atoms. The molecule has 0 unspecified atom stereocenters. The summed E-state index contributed by atoms with van der Waals surface area (Å²) < 4.78 is 78.4. The number of carbonyl (C=O) groups is 2. The van der Waals surface area contributed by atoms with Crippen molar-refractivity contribution in [3.05, 3.63) is 58.7 Å². The van der Waals surface area contributed by atoms with Gasteiger partial charge in [-0.05, 0) is 61.0 Å². The number of aryl methyl sites for hydroxylation is 2. The predicted molar refractivity (Wildman–Crippen MR) is 95.6 cm³/mol. The largest absolute Gasteiger partial charge is 0.357 e.